The van der Waals surface area contributed by atoms with E-state index in [9.17, 15) is 0 Å². The molecule has 2 aromatic rings. The summed E-state index contributed by atoms with van der Waals surface area (Å²) in [6.07, 6.45) is 2.41. The fourth-order valence-corrected chi connectivity index (χ4v) is 5.50. The van der Waals surface area contributed by atoms with Gasteiger partial charge in [-0.2, -0.15) is 0 Å². The molecule has 0 saturated heterocycles. The molecule has 0 N–H and O–H groups in total. The van der Waals surface area contributed by atoms with Crippen LogP contribution in [0.5, 0.6) is 5.75 Å². The Morgan fingerprint density at radius 3 is 1.64 bits per heavy atom. The van der Waals surface area contributed by atoms with Gasteiger partial charge in [0.05, 0.1) is 0 Å². The van der Waals surface area contributed by atoms with Crippen LogP contribution in [0.25, 0.3) is 17.2 Å². The zero-order valence-corrected chi connectivity index (χ0v) is 27.2. The molecule has 1 aliphatic rings. The summed E-state index contributed by atoms with van der Waals surface area (Å²) in [5.41, 5.74) is 11.2. The monoisotopic (exact) mass is 653 g/mol. The third kappa shape index (κ3) is 5.99. The number of benzene rings is 2. The van der Waals surface area contributed by atoms with Gasteiger partial charge in [0.15, 0.2) is 0 Å². The molecule has 179 valence electrons. The van der Waals surface area contributed by atoms with Gasteiger partial charge >= 0.3 is 206 Å². The maximum atomic E-state index is 6.19. The van der Waals surface area contributed by atoms with E-state index in [4.69, 9.17) is 4.74 Å². The second-order valence-electron chi connectivity index (χ2n) is 12.2. The van der Waals surface area contributed by atoms with Crippen molar-refractivity contribution in [2.45, 2.75) is 89.2 Å². The van der Waals surface area contributed by atoms with Gasteiger partial charge in [-0.3, -0.25) is 0 Å². The van der Waals surface area contributed by atoms with E-state index in [1.54, 1.807) is 0 Å². The van der Waals surface area contributed by atoms with Crippen LogP contribution < -0.4 is 29.6 Å². The molecule has 4 heteroatoms. The molecule has 0 heterocycles. The normalized spacial score (nSPS) is 15.9. The van der Waals surface area contributed by atoms with Gasteiger partial charge in [-0.05, 0) is 0 Å². The van der Waals surface area contributed by atoms with Crippen LogP contribution in [0.4, 0.5) is 0 Å². The van der Waals surface area contributed by atoms with Gasteiger partial charge in [-0.15, -0.1) is 0 Å². The SMILES string of the molecule is COc1c(C(C)(C)C)cc2c(c1-c1cc(C(C)(C)C)cc(C(C)(C)C)c1)C=C(C)[CH]2[Hf+2].[Cl-].[Cl-]. The number of hydrogen-bond donors (Lipinski definition) is 0. The summed E-state index contributed by atoms with van der Waals surface area (Å²) < 4.78 is 6.76. The average molecular weight is 653 g/mol. The largest absolute Gasteiger partial charge is 1.00 e. The molecule has 2 aromatic carbocycles. The van der Waals surface area contributed by atoms with Crippen molar-refractivity contribution in [1.29, 1.82) is 0 Å². The molecule has 1 unspecified atom stereocenters. The van der Waals surface area contributed by atoms with E-state index in [1.807, 2.05) is 7.11 Å². The molecule has 0 amide bonds. The van der Waals surface area contributed by atoms with Crippen LogP contribution in [0.2, 0.25) is 0 Å². The number of hydrogen-bond acceptors (Lipinski definition) is 1. The summed E-state index contributed by atoms with van der Waals surface area (Å²) in [7, 11) is 1.84. The zero-order chi connectivity index (χ0) is 23.5. The molecule has 0 aliphatic heterocycles. The summed E-state index contributed by atoms with van der Waals surface area (Å²) in [5, 5.41) is 0. The molecule has 0 bridgehead atoms. The molecule has 0 fully saturated rings. The first-order valence-corrected chi connectivity index (χ1v) is 13.4. The zero-order valence-electron chi connectivity index (χ0n) is 22.1. The fourth-order valence-electron chi connectivity index (χ4n) is 4.34. The second-order valence-corrected chi connectivity index (χ2v) is 14.3. The molecule has 1 aliphatic carbocycles. The summed E-state index contributed by atoms with van der Waals surface area (Å²) >= 11 is 1.13. The Balaban J connectivity index is 0.00000272. The van der Waals surface area contributed by atoms with Gasteiger partial charge in [0, 0.05) is 0 Å². The molecule has 0 saturated carbocycles. The Hall–Kier alpha value is -0.570. The first kappa shape index (κ1) is 30.5. The Kier molecular flexibility index (Phi) is 9.41. The van der Waals surface area contributed by atoms with E-state index in [1.165, 1.54) is 44.5 Å². The Morgan fingerprint density at radius 2 is 1.24 bits per heavy atom. The van der Waals surface area contributed by atoms with Crippen LogP contribution in [0.1, 0.15) is 101 Å². The van der Waals surface area contributed by atoms with Gasteiger partial charge in [0.25, 0.3) is 0 Å². The van der Waals surface area contributed by atoms with Crippen molar-refractivity contribution in [3.63, 3.8) is 0 Å². The van der Waals surface area contributed by atoms with E-state index in [0.717, 1.165) is 30.1 Å². The molecule has 3 rings (SSSR count). The predicted octanol–water partition coefficient (Wildman–Crippen LogP) is 2.27. The van der Waals surface area contributed by atoms with Crippen molar-refractivity contribution >= 4 is 6.08 Å². The molecular formula is C29H39Cl2HfO. The molecule has 0 radical (unpaired) electrons. The van der Waals surface area contributed by atoms with Gasteiger partial charge < -0.3 is 24.8 Å². The van der Waals surface area contributed by atoms with Crippen LogP contribution >= 0.6 is 0 Å². The van der Waals surface area contributed by atoms with Crippen molar-refractivity contribution in [3.05, 3.63) is 57.7 Å². The molecule has 33 heavy (non-hydrogen) atoms. The van der Waals surface area contributed by atoms with E-state index in [-0.39, 0.29) is 41.1 Å². The maximum Gasteiger partial charge on any atom is -1.00 e. The van der Waals surface area contributed by atoms with E-state index in [0.29, 0.717) is 3.67 Å². The summed E-state index contributed by atoms with van der Waals surface area (Å²) in [6, 6.07) is 9.65. The standard InChI is InChI=1S/C29H39O.2ClH.Hf/c1-18-12-19-16-24(29(8,9)10)26(30-11)25(23(19)13-18)20-14-21(27(2,3)4)17-22(15-20)28(5,6)7;;;/h12-17H,1-11H3;2*1H;/q;;;+2/p-2. The third-order valence-electron chi connectivity index (χ3n) is 6.46. The number of ether oxygens (including phenoxy) is 1. The van der Waals surface area contributed by atoms with Crippen LogP contribution in [0.3, 0.4) is 0 Å². The molecule has 1 nitrogen and oxygen atoms in total. The van der Waals surface area contributed by atoms with Crippen LogP contribution in [-0.4, -0.2) is 7.11 Å². The van der Waals surface area contributed by atoms with Crippen molar-refractivity contribution in [2.24, 2.45) is 0 Å². The number of fused-ring (bicyclic) bond motifs is 1. The minimum atomic E-state index is 0. The molecule has 1 atom stereocenters. The summed E-state index contributed by atoms with van der Waals surface area (Å²) in [4.78, 5) is 0. The van der Waals surface area contributed by atoms with Gasteiger partial charge in [-0.25, -0.2) is 0 Å². The fraction of sp³-hybridized carbons (Fsp3) is 0.517. The molecule has 0 spiro atoms. The molecular weight excluding hydrogens is 614 g/mol. The van der Waals surface area contributed by atoms with Crippen molar-refractivity contribution in [2.75, 3.05) is 7.11 Å². The van der Waals surface area contributed by atoms with Crippen molar-refractivity contribution < 1.29 is 53.9 Å². The predicted molar refractivity (Wildman–Crippen MR) is 131 cm³/mol. The van der Waals surface area contributed by atoms with Crippen molar-refractivity contribution in [3.8, 4) is 16.9 Å². The number of rotatable bonds is 2. The van der Waals surface area contributed by atoms with Crippen LogP contribution in [-0.2, 0) is 40.6 Å². The Bertz CT molecular complexity index is 1010. The quantitative estimate of drug-likeness (QED) is 0.453. The van der Waals surface area contributed by atoms with Crippen LogP contribution in [0.15, 0.2) is 29.8 Å². The Labute approximate surface area is 229 Å². The number of halogens is 2. The van der Waals surface area contributed by atoms with Crippen LogP contribution in [0, 0.1) is 0 Å². The van der Waals surface area contributed by atoms with E-state index in [2.05, 4.69) is 99.6 Å². The summed E-state index contributed by atoms with van der Waals surface area (Å²) in [6.45, 7) is 23.0. The van der Waals surface area contributed by atoms with Gasteiger partial charge in [0.1, 0.15) is 0 Å². The average Bonchev–Trinajstić information content (AvgIpc) is 2.91. The topological polar surface area (TPSA) is 9.23 Å². The van der Waals surface area contributed by atoms with E-state index < -0.39 is 0 Å². The van der Waals surface area contributed by atoms with Gasteiger partial charge in [0.2, 0.25) is 0 Å². The minimum Gasteiger partial charge on any atom is -1.00 e. The first-order valence-electron chi connectivity index (χ1n) is 11.4. The minimum absolute atomic E-state index is 0. The second kappa shape index (κ2) is 10.2. The van der Waals surface area contributed by atoms with Crippen molar-refractivity contribution in [1.82, 2.24) is 0 Å². The maximum absolute atomic E-state index is 6.19. The number of methoxy groups -OCH3 is 1. The smallest absolute Gasteiger partial charge is 1.00 e. The summed E-state index contributed by atoms with van der Waals surface area (Å²) in [5.74, 6) is 1.04. The first-order chi connectivity index (χ1) is 14.1. The third-order valence-corrected chi connectivity index (χ3v) is 9.21. The Morgan fingerprint density at radius 1 is 0.758 bits per heavy atom. The molecule has 0 aromatic heterocycles. The van der Waals surface area contributed by atoms with Gasteiger partial charge in [-0.1, -0.05) is 0 Å². The van der Waals surface area contributed by atoms with E-state index >= 15 is 0 Å². The number of allylic oxidation sites excluding steroid dienone is 1.